The maximum Gasteiger partial charge on any atom is 0.322 e. The van der Waals surface area contributed by atoms with Crippen LogP contribution in [0.3, 0.4) is 0 Å². The second-order valence-electron chi connectivity index (χ2n) is 4.51. The molecule has 1 atom stereocenters. The molecule has 0 aliphatic heterocycles. The molecule has 4 heteroatoms. The zero-order valence-electron chi connectivity index (χ0n) is 10.8. The van der Waals surface area contributed by atoms with Gasteiger partial charge in [0.2, 0.25) is 0 Å². The van der Waals surface area contributed by atoms with Gasteiger partial charge in [0.05, 0.1) is 6.61 Å². The van der Waals surface area contributed by atoms with Crippen LogP contribution in [0.25, 0.3) is 0 Å². The molecular weight excluding hydrogens is 250 g/mol. The van der Waals surface area contributed by atoms with Crippen molar-refractivity contribution in [3.05, 3.63) is 35.4 Å². The van der Waals surface area contributed by atoms with Crippen LogP contribution < -0.4 is 5.32 Å². The van der Waals surface area contributed by atoms with Crippen LogP contribution in [-0.4, -0.2) is 24.7 Å². The monoisotopic (exact) mass is 269 g/mol. The SMILES string of the molecule is CCOC(=O)[C@H](C)NC1Cc2ccccc2C1.Cl. The Hall–Kier alpha value is -1.06. The molecule has 100 valence electrons. The van der Waals surface area contributed by atoms with Crippen molar-refractivity contribution in [1.82, 2.24) is 5.32 Å². The first kappa shape index (κ1) is 15.0. The third-order valence-corrected chi connectivity index (χ3v) is 3.18. The van der Waals surface area contributed by atoms with Gasteiger partial charge in [0, 0.05) is 6.04 Å². The molecule has 0 unspecified atom stereocenters. The molecule has 0 fully saturated rings. The number of hydrogen-bond donors (Lipinski definition) is 1. The molecule has 1 aromatic rings. The van der Waals surface area contributed by atoms with Crippen LogP contribution >= 0.6 is 12.4 Å². The molecule has 0 amide bonds. The van der Waals surface area contributed by atoms with Crippen molar-refractivity contribution in [3.8, 4) is 0 Å². The van der Waals surface area contributed by atoms with Crippen LogP contribution in [0.5, 0.6) is 0 Å². The predicted octanol–water partition coefficient (Wildman–Crippen LogP) is 2.12. The maximum absolute atomic E-state index is 11.5. The molecule has 0 radical (unpaired) electrons. The molecule has 0 saturated heterocycles. The second kappa shape index (κ2) is 6.76. The average Bonchev–Trinajstić information content (AvgIpc) is 2.71. The Kier molecular flexibility index (Phi) is 5.63. The summed E-state index contributed by atoms with van der Waals surface area (Å²) in [4.78, 5) is 11.5. The van der Waals surface area contributed by atoms with Gasteiger partial charge < -0.3 is 10.1 Å². The minimum absolute atomic E-state index is 0. The quantitative estimate of drug-likeness (QED) is 0.851. The predicted molar refractivity (Wildman–Crippen MR) is 74.1 cm³/mol. The van der Waals surface area contributed by atoms with Gasteiger partial charge in [0.25, 0.3) is 0 Å². The van der Waals surface area contributed by atoms with E-state index in [1.165, 1.54) is 11.1 Å². The molecule has 0 bridgehead atoms. The highest BCUT2D eigenvalue weighted by atomic mass is 35.5. The lowest BCUT2D eigenvalue weighted by atomic mass is 10.1. The van der Waals surface area contributed by atoms with Crippen LogP contribution in [0.1, 0.15) is 25.0 Å². The third-order valence-electron chi connectivity index (χ3n) is 3.18. The van der Waals surface area contributed by atoms with Gasteiger partial charge in [-0.15, -0.1) is 12.4 Å². The number of halogens is 1. The van der Waals surface area contributed by atoms with Gasteiger partial charge in [-0.1, -0.05) is 24.3 Å². The highest BCUT2D eigenvalue weighted by molar-refractivity contribution is 5.85. The number of hydrogen-bond acceptors (Lipinski definition) is 3. The molecule has 1 N–H and O–H groups in total. The molecule has 0 saturated carbocycles. The molecule has 0 spiro atoms. The van der Waals surface area contributed by atoms with E-state index in [1.807, 2.05) is 13.8 Å². The second-order valence-corrected chi connectivity index (χ2v) is 4.51. The van der Waals surface area contributed by atoms with E-state index in [9.17, 15) is 4.79 Å². The Labute approximate surface area is 114 Å². The zero-order chi connectivity index (χ0) is 12.3. The summed E-state index contributed by atoms with van der Waals surface area (Å²) in [5.74, 6) is -0.163. The van der Waals surface area contributed by atoms with Crippen molar-refractivity contribution >= 4 is 18.4 Å². The van der Waals surface area contributed by atoms with Gasteiger partial charge in [-0.3, -0.25) is 4.79 Å². The summed E-state index contributed by atoms with van der Waals surface area (Å²) in [6, 6.07) is 8.57. The van der Waals surface area contributed by atoms with E-state index in [4.69, 9.17) is 4.74 Å². The fourth-order valence-electron chi connectivity index (χ4n) is 2.37. The molecule has 3 nitrogen and oxygen atoms in total. The lowest BCUT2D eigenvalue weighted by molar-refractivity contribution is -0.145. The highest BCUT2D eigenvalue weighted by Crippen LogP contribution is 2.21. The first-order valence-electron chi connectivity index (χ1n) is 6.20. The fourth-order valence-corrected chi connectivity index (χ4v) is 2.37. The number of esters is 1. The molecule has 1 aromatic carbocycles. The van der Waals surface area contributed by atoms with E-state index >= 15 is 0 Å². The minimum atomic E-state index is -0.228. The lowest BCUT2D eigenvalue weighted by Crippen LogP contribution is -2.42. The fraction of sp³-hybridized carbons (Fsp3) is 0.500. The van der Waals surface area contributed by atoms with E-state index in [-0.39, 0.29) is 24.4 Å². The van der Waals surface area contributed by atoms with E-state index in [2.05, 4.69) is 29.6 Å². The Morgan fingerprint density at radius 3 is 2.44 bits per heavy atom. The molecule has 1 aliphatic carbocycles. The van der Waals surface area contributed by atoms with Crippen LogP contribution in [-0.2, 0) is 22.4 Å². The summed E-state index contributed by atoms with van der Waals surface area (Å²) in [5, 5.41) is 3.34. The number of ether oxygens (including phenoxy) is 1. The number of carbonyl (C=O) groups excluding carboxylic acids is 1. The molecule has 1 aliphatic rings. The van der Waals surface area contributed by atoms with Gasteiger partial charge in [-0.05, 0) is 37.8 Å². The van der Waals surface area contributed by atoms with E-state index < -0.39 is 0 Å². The van der Waals surface area contributed by atoms with Gasteiger partial charge in [0.15, 0.2) is 0 Å². The number of fused-ring (bicyclic) bond motifs is 1. The topological polar surface area (TPSA) is 38.3 Å². The summed E-state index contributed by atoms with van der Waals surface area (Å²) < 4.78 is 4.99. The first-order valence-corrected chi connectivity index (χ1v) is 6.20. The van der Waals surface area contributed by atoms with Crippen LogP contribution in [0.4, 0.5) is 0 Å². The molecule has 18 heavy (non-hydrogen) atoms. The number of benzene rings is 1. The molecule has 0 aromatic heterocycles. The Bertz CT molecular complexity index is 384. The maximum atomic E-state index is 11.5. The van der Waals surface area contributed by atoms with Gasteiger partial charge in [-0.25, -0.2) is 0 Å². The Morgan fingerprint density at radius 1 is 1.39 bits per heavy atom. The summed E-state index contributed by atoms with van der Waals surface area (Å²) in [5.41, 5.74) is 2.78. The number of rotatable bonds is 4. The summed E-state index contributed by atoms with van der Waals surface area (Å²) in [7, 11) is 0. The van der Waals surface area contributed by atoms with Crippen LogP contribution in [0, 0.1) is 0 Å². The standard InChI is InChI=1S/C14H19NO2.ClH/c1-3-17-14(16)10(2)15-13-8-11-6-4-5-7-12(11)9-13;/h4-7,10,13,15H,3,8-9H2,1-2H3;1H/t10-;/m0./s1. The summed E-state index contributed by atoms with van der Waals surface area (Å²) >= 11 is 0. The van der Waals surface area contributed by atoms with Gasteiger partial charge in [0.1, 0.15) is 6.04 Å². The van der Waals surface area contributed by atoms with E-state index in [0.29, 0.717) is 12.6 Å². The smallest absolute Gasteiger partial charge is 0.322 e. The summed E-state index contributed by atoms with van der Waals surface area (Å²) in [6.45, 7) is 4.13. The van der Waals surface area contributed by atoms with Gasteiger partial charge in [-0.2, -0.15) is 0 Å². The van der Waals surface area contributed by atoms with Crippen LogP contribution in [0.15, 0.2) is 24.3 Å². The normalized spacial score (nSPS) is 15.7. The van der Waals surface area contributed by atoms with E-state index in [1.54, 1.807) is 0 Å². The minimum Gasteiger partial charge on any atom is -0.465 e. The van der Waals surface area contributed by atoms with Crippen molar-refractivity contribution in [2.75, 3.05) is 6.61 Å². The largest absolute Gasteiger partial charge is 0.465 e. The molecule has 2 rings (SSSR count). The zero-order valence-corrected chi connectivity index (χ0v) is 11.6. The molecule has 0 heterocycles. The highest BCUT2D eigenvalue weighted by Gasteiger charge is 2.24. The van der Waals surface area contributed by atoms with Crippen molar-refractivity contribution in [2.24, 2.45) is 0 Å². The van der Waals surface area contributed by atoms with Gasteiger partial charge >= 0.3 is 5.97 Å². The molecular formula is C14H20ClNO2. The Morgan fingerprint density at radius 2 is 1.94 bits per heavy atom. The van der Waals surface area contributed by atoms with Crippen molar-refractivity contribution in [2.45, 2.75) is 38.8 Å². The summed E-state index contributed by atoms with van der Waals surface area (Å²) in [6.07, 6.45) is 2.00. The van der Waals surface area contributed by atoms with Crippen LogP contribution in [0.2, 0.25) is 0 Å². The lowest BCUT2D eigenvalue weighted by Gasteiger charge is -2.17. The Balaban J connectivity index is 0.00000162. The van der Waals surface area contributed by atoms with Crippen molar-refractivity contribution in [1.29, 1.82) is 0 Å². The number of carbonyl (C=O) groups is 1. The third kappa shape index (κ3) is 3.47. The first-order chi connectivity index (χ1) is 8.20. The van der Waals surface area contributed by atoms with Crippen molar-refractivity contribution < 1.29 is 9.53 Å². The average molecular weight is 270 g/mol. The van der Waals surface area contributed by atoms with Crippen molar-refractivity contribution in [3.63, 3.8) is 0 Å². The number of nitrogens with one attached hydrogen (secondary N) is 1. The van der Waals surface area contributed by atoms with E-state index in [0.717, 1.165) is 12.8 Å².